The highest BCUT2D eigenvalue weighted by molar-refractivity contribution is 8.00. The van der Waals surface area contributed by atoms with Crippen molar-refractivity contribution in [2.45, 2.75) is 51.1 Å². The number of nitrogens with zero attached hydrogens (tertiary/aromatic N) is 3. The molecule has 0 aliphatic carbocycles. The van der Waals surface area contributed by atoms with Crippen LogP contribution in [0, 0.1) is 32.1 Å². The number of hydrogen-bond acceptors (Lipinski definition) is 5. The number of hydrogen-bond donors (Lipinski definition) is 0. The lowest BCUT2D eigenvalue weighted by atomic mass is 10.1. The first-order valence-electron chi connectivity index (χ1n) is 8.57. The molecule has 0 spiro atoms. The topological polar surface area (TPSA) is 58.7 Å². The molecule has 6 heteroatoms. The average molecular weight is 384 g/mol. The van der Waals surface area contributed by atoms with Crippen LogP contribution < -0.4 is 5.56 Å². The number of nitriles is 1. The number of fused-ring (bicyclic) bond motifs is 1. The fourth-order valence-electron chi connectivity index (χ4n) is 2.86. The molecule has 0 aliphatic heterocycles. The molecule has 0 unspecified atom stereocenters. The largest absolute Gasteiger partial charge is 0.287 e. The Kier molecular flexibility index (Phi) is 5.49. The van der Waals surface area contributed by atoms with Gasteiger partial charge in [0.15, 0.2) is 5.16 Å². The predicted molar refractivity (Wildman–Crippen MR) is 109 cm³/mol. The molecule has 0 amide bonds. The highest BCUT2D eigenvalue weighted by atomic mass is 32.2. The molecule has 0 aliphatic rings. The van der Waals surface area contributed by atoms with E-state index in [0.29, 0.717) is 23.5 Å². The van der Waals surface area contributed by atoms with Crippen molar-refractivity contribution in [1.29, 1.82) is 5.26 Å². The molecule has 0 fully saturated rings. The Bertz CT molecular complexity index is 1040. The van der Waals surface area contributed by atoms with Gasteiger partial charge in [0.05, 0.1) is 11.5 Å². The van der Waals surface area contributed by atoms with Gasteiger partial charge in [0, 0.05) is 11.4 Å². The maximum atomic E-state index is 12.9. The zero-order valence-corrected chi connectivity index (χ0v) is 17.0. The summed E-state index contributed by atoms with van der Waals surface area (Å²) in [7, 11) is 0. The zero-order valence-electron chi connectivity index (χ0n) is 15.4. The molecule has 0 N–H and O–H groups in total. The van der Waals surface area contributed by atoms with Gasteiger partial charge in [-0.3, -0.25) is 9.36 Å². The molecule has 0 saturated carbocycles. The quantitative estimate of drug-likeness (QED) is 0.476. The van der Waals surface area contributed by atoms with Gasteiger partial charge in [0.2, 0.25) is 0 Å². The summed E-state index contributed by atoms with van der Waals surface area (Å²) in [6.45, 7) is 8.51. The molecule has 0 radical (unpaired) electrons. The summed E-state index contributed by atoms with van der Waals surface area (Å²) in [5, 5.41) is 10.7. The lowest BCUT2D eigenvalue weighted by molar-refractivity contribution is 0.634. The van der Waals surface area contributed by atoms with Crippen LogP contribution in [0.4, 0.5) is 0 Å². The summed E-state index contributed by atoms with van der Waals surface area (Å²) >= 11 is 2.93. The van der Waals surface area contributed by atoms with Crippen LogP contribution in [-0.2, 0) is 13.0 Å². The highest BCUT2D eigenvalue weighted by Crippen LogP contribution is 2.30. The van der Waals surface area contributed by atoms with E-state index in [9.17, 15) is 10.1 Å². The first-order chi connectivity index (χ1) is 12.4. The molecule has 1 aromatic carbocycles. The second-order valence-corrected chi connectivity index (χ2v) is 8.71. The summed E-state index contributed by atoms with van der Waals surface area (Å²) in [6, 6.07) is 10.6. The zero-order chi connectivity index (χ0) is 18.8. The van der Waals surface area contributed by atoms with Crippen LogP contribution in [0.1, 0.15) is 28.5 Å². The number of aryl methyl sites for hydroxylation is 3. The van der Waals surface area contributed by atoms with Crippen LogP contribution in [0.25, 0.3) is 10.2 Å². The molecule has 1 atom stereocenters. The molecule has 4 nitrogen and oxygen atoms in total. The van der Waals surface area contributed by atoms with Crippen molar-refractivity contribution in [3.8, 4) is 6.07 Å². The molecule has 26 heavy (non-hydrogen) atoms. The van der Waals surface area contributed by atoms with Gasteiger partial charge in [-0.25, -0.2) is 4.98 Å². The van der Waals surface area contributed by atoms with E-state index in [0.717, 1.165) is 20.8 Å². The molecule has 2 aromatic heterocycles. The Hall–Kier alpha value is -2.10. The first-order valence-corrected chi connectivity index (χ1v) is 10.3. The summed E-state index contributed by atoms with van der Waals surface area (Å²) in [4.78, 5) is 19.5. The van der Waals surface area contributed by atoms with Crippen molar-refractivity contribution in [1.82, 2.24) is 9.55 Å². The van der Waals surface area contributed by atoms with Crippen LogP contribution in [0.3, 0.4) is 0 Å². The number of thiophene rings is 1. The number of benzene rings is 1. The Morgan fingerprint density at radius 3 is 2.58 bits per heavy atom. The van der Waals surface area contributed by atoms with E-state index < -0.39 is 0 Å². The minimum Gasteiger partial charge on any atom is -0.287 e. The lowest BCUT2D eigenvalue weighted by Crippen LogP contribution is -2.23. The third-order valence-electron chi connectivity index (χ3n) is 4.50. The van der Waals surface area contributed by atoms with Gasteiger partial charge in [-0.1, -0.05) is 41.6 Å². The maximum absolute atomic E-state index is 12.9. The minimum atomic E-state index is -0.290. The normalized spacial score (nSPS) is 12.3. The van der Waals surface area contributed by atoms with Crippen LogP contribution in [0.5, 0.6) is 0 Å². The third-order valence-corrected chi connectivity index (χ3v) is 6.68. The van der Waals surface area contributed by atoms with Gasteiger partial charge in [0.25, 0.3) is 5.56 Å². The van der Waals surface area contributed by atoms with Crippen molar-refractivity contribution < 1.29 is 0 Å². The lowest BCUT2D eigenvalue weighted by Gasteiger charge is -2.13. The van der Waals surface area contributed by atoms with E-state index >= 15 is 0 Å². The van der Waals surface area contributed by atoms with Gasteiger partial charge < -0.3 is 0 Å². The highest BCUT2D eigenvalue weighted by Gasteiger charge is 2.19. The SMILES string of the molecule is CCn1c(S[C@@H](C#N)Cc2ccc(C)cc2)nc2sc(C)c(C)c2c1=O. The van der Waals surface area contributed by atoms with Crippen molar-refractivity contribution >= 4 is 33.3 Å². The summed E-state index contributed by atoms with van der Waals surface area (Å²) in [6.07, 6.45) is 0.627. The van der Waals surface area contributed by atoms with E-state index in [2.05, 4.69) is 30.3 Å². The van der Waals surface area contributed by atoms with Gasteiger partial charge in [-0.05, 0) is 45.2 Å². The fraction of sp³-hybridized carbons (Fsp3) is 0.350. The van der Waals surface area contributed by atoms with Gasteiger partial charge in [-0.15, -0.1) is 11.3 Å². The molecule has 0 bridgehead atoms. The Labute approximate surface area is 161 Å². The van der Waals surface area contributed by atoms with Crippen molar-refractivity contribution in [2.75, 3.05) is 0 Å². The Balaban J connectivity index is 1.97. The van der Waals surface area contributed by atoms with E-state index in [1.165, 1.54) is 17.3 Å². The second kappa shape index (κ2) is 7.65. The van der Waals surface area contributed by atoms with Gasteiger partial charge in [0.1, 0.15) is 10.1 Å². The van der Waals surface area contributed by atoms with Crippen LogP contribution in [0.15, 0.2) is 34.2 Å². The predicted octanol–water partition coefficient (Wildman–Crippen LogP) is 4.63. The number of thioether (sulfide) groups is 1. The van der Waals surface area contributed by atoms with E-state index in [4.69, 9.17) is 4.98 Å². The second-order valence-electron chi connectivity index (χ2n) is 6.33. The monoisotopic (exact) mass is 383 g/mol. The third kappa shape index (κ3) is 3.55. The smallest absolute Gasteiger partial charge is 0.263 e. The van der Waals surface area contributed by atoms with Crippen LogP contribution in [-0.4, -0.2) is 14.8 Å². The van der Waals surface area contributed by atoms with Crippen molar-refractivity contribution in [2.24, 2.45) is 0 Å². The Morgan fingerprint density at radius 1 is 1.27 bits per heavy atom. The maximum Gasteiger partial charge on any atom is 0.263 e. The van der Waals surface area contributed by atoms with E-state index in [-0.39, 0.29) is 10.8 Å². The first kappa shape index (κ1) is 18.7. The van der Waals surface area contributed by atoms with Crippen molar-refractivity contribution in [3.63, 3.8) is 0 Å². The van der Waals surface area contributed by atoms with Crippen molar-refractivity contribution in [3.05, 3.63) is 56.2 Å². The molecule has 2 heterocycles. The van der Waals surface area contributed by atoms with Crippen LogP contribution >= 0.6 is 23.1 Å². The molecule has 134 valence electrons. The minimum absolute atomic E-state index is 0.00567. The molecular weight excluding hydrogens is 362 g/mol. The average Bonchev–Trinajstić information content (AvgIpc) is 2.90. The standard InChI is InChI=1S/C20H21N3OS2/c1-5-23-19(24)17-13(3)14(4)25-18(17)22-20(23)26-16(11-21)10-15-8-6-12(2)7-9-15/h6-9,16H,5,10H2,1-4H3/t16-/m1/s1. The summed E-state index contributed by atoms with van der Waals surface area (Å²) in [5.41, 5.74) is 3.32. The summed E-state index contributed by atoms with van der Waals surface area (Å²) < 4.78 is 1.69. The number of rotatable bonds is 5. The van der Waals surface area contributed by atoms with E-state index in [1.807, 2.05) is 27.7 Å². The summed E-state index contributed by atoms with van der Waals surface area (Å²) in [5.74, 6) is 0. The van der Waals surface area contributed by atoms with Gasteiger partial charge in [-0.2, -0.15) is 5.26 Å². The number of aromatic nitrogens is 2. The van der Waals surface area contributed by atoms with E-state index in [1.54, 1.807) is 15.9 Å². The Morgan fingerprint density at radius 2 is 1.96 bits per heavy atom. The van der Waals surface area contributed by atoms with Crippen LogP contribution in [0.2, 0.25) is 0 Å². The fourth-order valence-corrected chi connectivity index (χ4v) is 5.00. The molecule has 0 saturated heterocycles. The molecular formula is C20H21N3OS2. The molecule has 3 aromatic rings. The van der Waals surface area contributed by atoms with Gasteiger partial charge >= 0.3 is 0 Å². The molecule has 3 rings (SSSR count).